The van der Waals surface area contributed by atoms with Crippen LogP contribution in [0.3, 0.4) is 0 Å². The lowest BCUT2D eigenvalue weighted by Crippen LogP contribution is -2.57. The fourth-order valence-electron chi connectivity index (χ4n) is 2.38. The van der Waals surface area contributed by atoms with Gasteiger partial charge in [0.15, 0.2) is 4.90 Å². The quantitative estimate of drug-likeness (QED) is 0.657. The molecular weight excluding hydrogens is 337 g/mol. The second-order valence-electron chi connectivity index (χ2n) is 4.94. The molecular formula is C12H17ClFN3O4S. The Morgan fingerprint density at radius 2 is 2.05 bits per heavy atom. The van der Waals surface area contributed by atoms with Crippen molar-refractivity contribution in [1.82, 2.24) is 9.62 Å². The molecule has 1 saturated heterocycles. The van der Waals surface area contributed by atoms with E-state index in [1.807, 2.05) is 6.92 Å². The van der Waals surface area contributed by atoms with E-state index in [2.05, 4.69) is 5.32 Å². The van der Waals surface area contributed by atoms with E-state index in [9.17, 15) is 22.9 Å². The molecule has 2 atom stereocenters. The minimum Gasteiger partial charge on any atom is -0.311 e. The fraction of sp³-hybridized carbons (Fsp3) is 0.500. The molecule has 0 aliphatic carbocycles. The number of benzene rings is 1. The standard InChI is InChI=1S/C12H16FN3O4S.ClH/c1-8-9(2)15(7-6-14-8)21(19,20)12-10(13)4-3-5-11(12)16(17)18;/h3-5,8-9,14H,6-7H2,1-2H3;1H. The van der Waals surface area contributed by atoms with Crippen molar-refractivity contribution >= 4 is 28.1 Å². The molecule has 1 fully saturated rings. The van der Waals surface area contributed by atoms with E-state index in [1.54, 1.807) is 6.92 Å². The van der Waals surface area contributed by atoms with Crippen LogP contribution < -0.4 is 5.32 Å². The van der Waals surface area contributed by atoms with Gasteiger partial charge in [0.1, 0.15) is 5.82 Å². The van der Waals surface area contributed by atoms with Gasteiger partial charge in [0, 0.05) is 31.2 Å². The lowest BCUT2D eigenvalue weighted by Gasteiger charge is -2.37. The summed E-state index contributed by atoms with van der Waals surface area (Å²) in [5, 5.41) is 14.1. The van der Waals surface area contributed by atoms with Gasteiger partial charge in [-0.15, -0.1) is 12.4 Å². The van der Waals surface area contributed by atoms with Gasteiger partial charge in [-0.3, -0.25) is 10.1 Å². The number of nitro benzene ring substituents is 1. The summed E-state index contributed by atoms with van der Waals surface area (Å²) in [4.78, 5) is 9.25. The highest BCUT2D eigenvalue weighted by molar-refractivity contribution is 7.89. The average molecular weight is 354 g/mol. The maximum absolute atomic E-state index is 14.0. The molecule has 0 bridgehead atoms. The summed E-state index contributed by atoms with van der Waals surface area (Å²) in [7, 11) is -4.27. The zero-order valence-corrected chi connectivity index (χ0v) is 13.7. The van der Waals surface area contributed by atoms with Crippen LogP contribution in [0.5, 0.6) is 0 Å². The molecule has 1 aromatic rings. The summed E-state index contributed by atoms with van der Waals surface area (Å²) < 4.78 is 40.4. The lowest BCUT2D eigenvalue weighted by atomic mass is 10.1. The highest BCUT2D eigenvalue weighted by atomic mass is 35.5. The summed E-state index contributed by atoms with van der Waals surface area (Å²) in [5.41, 5.74) is -0.742. The third-order valence-corrected chi connectivity index (χ3v) is 5.74. The van der Waals surface area contributed by atoms with E-state index in [4.69, 9.17) is 0 Å². The normalized spacial score (nSPS) is 22.9. The zero-order valence-electron chi connectivity index (χ0n) is 12.0. The Labute approximate surface area is 134 Å². The topological polar surface area (TPSA) is 92.6 Å². The number of hydrogen-bond acceptors (Lipinski definition) is 5. The minimum atomic E-state index is -4.27. The number of piperazine rings is 1. The molecule has 1 N–H and O–H groups in total. The molecule has 0 spiro atoms. The Bertz CT molecular complexity index is 670. The van der Waals surface area contributed by atoms with Gasteiger partial charge in [-0.05, 0) is 19.9 Å². The van der Waals surface area contributed by atoms with Gasteiger partial charge in [0.05, 0.1) is 4.92 Å². The Morgan fingerprint density at radius 3 is 2.64 bits per heavy atom. The van der Waals surface area contributed by atoms with Crippen LogP contribution in [-0.4, -0.2) is 42.8 Å². The third-order valence-electron chi connectivity index (χ3n) is 3.69. The van der Waals surface area contributed by atoms with Crippen LogP contribution in [0.25, 0.3) is 0 Å². The van der Waals surface area contributed by atoms with Crippen molar-refractivity contribution in [1.29, 1.82) is 0 Å². The molecule has 0 radical (unpaired) electrons. The van der Waals surface area contributed by atoms with Gasteiger partial charge in [0.25, 0.3) is 15.7 Å². The first-order chi connectivity index (χ1) is 9.76. The predicted octanol–water partition coefficient (Wildman–Crippen LogP) is 1.53. The van der Waals surface area contributed by atoms with E-state index >= 15 is 0 Å². The zero-order chi connectivity index (χ0) is 15.8. The molecule has 0 amide bonds. The molecule has 0 aromatic heterocycles. The molecule has 1 aromatic carbocycles. The van der Waals surface area contributed by atoms with Gasteiger partial charge in [-0.25, -0.2) is 12.8 Å². The van der Waals surface area contributed by atoms with E-state index in [1.165, 1.54) is 0 Å². The van der Waals surface area contributed by atoms with E-state index in [0.29, 0.717) is 6.54 Å². The molecule has 2 unspecified atom stereocenters. The Morgan fingerprint density at radius 1 is 1.41 bits per heavy atom. The summed E-state index contributed by atoms with van der Waals surface area (Å²) in [6, 6.07) is 2.47. The van der Waals surface area contributed by atoms with Gasteiger partial charge in [-0.2, -0.15) is 4.31 Å². The first-order valence-electron chi connectivity index (χ1n) is 6.45. The van der Waals surface area contributed by atoms with Gasteiger partial charge >= 0.3 is 0 Å². The lowest BCUT2D eigenvalue weighted by molar-refractivity contribution is -0.388. The molecule has 10 heteroatoms. The van der Waals surface area contributed by atoms with Crippen molar-refractivity contribution in [2.75, 3.05) is 13.1 Å². The molecule has 1 aliphatic rings. The van der Waals surface area contributed by atoms with Gasteiger partial charge in [0.2, 0.25) is 0 Å². The number of sulfonamides is 1. The van der Waals surface area contributed by atoms with Crippen molar-refractivity contribution in [2.24, 2.45) is 0 Å². The van der Waals surface area contributed by atoms with E-state index in [-0.39, 0.29) is 25.0 Å². The van der Waals surface area contributed by atoms with Crippen LogP contribution in [0, 0.1) is 15.9 Å². The number of nitrogens with one attached hydrogen (secondary N) is 1. The number of nitro groups is 1. The fourth-order valence-corrected chi connectivity index (χ4v) is 4.29. The SMILES string of the molecule is CC1NCCN(S(=O)(=O)c2c(F)cccc2[N+](=O)[O-])C1C.Cl. The molecule has 22 heavy (non-hydrogen) atoms. The van der Waals surface area contributed by atoms with Gasteiger partial charge in [-0.1, -0.05) is 6.07 Å². The van der Waals surface area contributed by atoms with Crippen molar-refractivity contribution in [3.63, 3.8) is 0 Å². The Kier molecular flexibility index (Phi) is 5.85. The third kappa shape index (κ3) is 3.22. The Hall–Kier alpha value is -1.29. The maximum atomic E-state index is 14.0. The Balaban J connectivity index is 0.00000242. The van der Waals surface area contributed by atoms with E-state index < -0.39 is 37.4 Å². The highest BCUT2D eigenvalue weighted by Crippen LogP contribution is 2.31. The van der Waals surface area contributed by atoms with Crippen LogP contribution in [0.15, 0.2) is 23.1 Å². The number of nitrogens with zero attached hydrogens (tertiary/aromatic N) is 2. The average Bonchev–Trinajstić information content (AvgIpc) is 2.41. The summed E-state index contributed by atoms with van der Waals surface area (Å²) in [5.74, 6) is -1.11. The van der Waals surface area contributed by atoms with E-state index in [0.717, 1.165) is 22.5 Å². The second kappa shape index (κ2) is 6.86. The smallest absolute Gasteiger partial charge is 0.292 e. The molecule has 7 nitrogen and oxygen atoms in total. The van der Waals surface area contributed by atoms with Crippen LogP contribution in [0.4, 0.5) is 10.1 Å². The molecule has 1 aliphatic heterocycles. The largest absolute Gasteiger partial charge is 0.311 e. The number of hydrogen-bond donors (Lipinski definition) is 1. The first-order valence-corrected chi connectivity index (χ1v) is 7.89. The molecule has 1 heterocycles. The highest BCUT2D eigenvalue weighted by Gasteiger charge is 2.40. The van der Waals surface area contributed by atoms with Crippen LogP contribution in [-0.2, 0) is 10.0 Å². The second-order valence-corrected chi connectivity index (χ2v) is 6.77. The van der Waals surface area contributed by atoms with Crippen molar-refractivity contribution in [3.05, 3.63) is 34.1 Å². The maximum Gasteiger partial charge on any atom is 0.292 e. The van der Waals surface area contributed by atoms with Crippen LogP contribution in [0.2, 0.25) is 0 Å². The van der Waals surface area contributed by atoms with Crippen molar-refractivity contribution in [2.45, 2.75) is 30.8 Å². The van der Waals surface area contributed by atoms with Crippen molar-refractivity contribution in [3.8, 4) is 0 Å². The molecule has 2 rings (SSSR count). The monoisotopic (exact) mass is 353 g/mol. The summed E-state index contributed by atoms with van der Waals surface area (Å²) in [6.07, 6.45) is 0. The predicted molar refractivity (Wildman–Crippen MR) is 81.1 cm³/mol. The number of halogens is 2. The number of rotatable bonds is 3. The van der Waals surface area contributed by atoms with Crippen molar-refractivity contribution < 1.29 is 17.7 Å². The molecule has 0 saturated carbocycles. The van der Waals surface area contributed by atoms with Gasteiger partial charge < -0.3 is 5.32 Å². The minimum absolute atomic E-state index is 0. The van der Waals surface area contributed by atoms with Crippen LogP contribution >= 0.6 is 12.4 Å². The first kappa shape index (κ1) is 18.8. The van der Waals surface area contributed by atoms with Crippen LogP contribution in [0.1, 0.15) is 13.8 Å². The summed E-state index contributed by atoms with van der Waals surface area (Å²) >= 11 is 0. The summed E-state index contributed by atoms with van der Waals surface area (Å²) in [6.45, 7) is 4.04. The molecule has 124 valence electrons.